The molecule has 1 saturated carbocycles. The lowest BCUT2D eigenvalue weighted by Crippen LogP contribution is -2.05. The first kappa shape index (κ1) is 12.3. The van der Waals surface area contributed by atoms with E-state index in [1.54, 1.807) is 5.56 Å². The van der Waals surface area contributed by atoms with Crippen LogP contribution in [0.1, 0.15) is 63.0 Å². The summed E-state index contributed by atoms with van der Waals surface area (Å²) in [7, 11) is 0. The van der Waals surface area contributed by atoms with Crippen LogP contribution in [0.2, 0.25) is 0 Å². The summed E-state index contributed by atoms with van der Waals surface area (Å²) in [5.74, 6) is 0.856. The van der Waals surface area contributed by atoms with Crippen LogP contribution in [0.5, 0.6) is 0 Å². The first-order valence-electron chi connectivity index (χ1n) is 6.43. The second-order valence-corrected chi connectivity index (χ2v) is 4.19. The second-order valence-electron chi connectivity index (χ2n) is 4.19. The topological polar surface area (TPSA) is 0 Å². The zero-order valence-electron chi connectivity index (χ0n) is 10.4. The number of hydrogen-bond acceptors (Lipinski definition) is 0. The zero-order valence-corrected chi connectivity index (χ0v) is 10.4. The number of hydrogen-bond donors (Lipinski definition) is 0. The van der Waals surface area contributed by atoms with Gasteiger partial charge in [0.25, 0.3) is 0 Å². The first-order valence-corrected chi connectivity index (χ1v) is 6.43. The molecule has 0 atom stereocenters. The maximum atomic E-state index is 2.31. The average molecular weight is 204 g/mol. The fraction of sp³-hybridized carbons (Fsp3) is 0.600. The average Bonchev–Trinajstić information content (AvgIpc) is 2.33. The Kier molecular flexibility index (Phi) is 5.45. The van der Waals surface area contributed by atoms with E-state index in [1.807, 2.05) is 13.8 Å². The van der Waals surface area contributed by atoms with Gasteiger partial charge in [-0.2, -0.15) is 0 Å². The van der Waals surface area contributed by atoms with Gasteiger partial charge in [-0.25, -0.2) is 0 Å². The van der Waals surface area contributed by atoms with Crippen molar-refractivity contribution in [2.24, 2.45) is 0 Å². The van der Waals surface area contributed by atoms with Gasteiger partial charge < -0.3 is 0 Å². The van der Waals surface area contributed by atoms with E-state index in [0.29, 0.717) is 0 Å². The van der Waals surface area contributed by atoms with Crippen molar-refractivity contribution in [2.75, 3.05) is 0 Å². The van der Waals surface area contributed by atoms with Gasteiger partial charge in [0.05, 0.1) is 0 Å². The molecule has 84 valence electrons. The van der Waals surface area contributed by atoms with Crippen molar-refractivity contribution >= 4 is 0 Å². The normalized spacial score (nSPS) is 16.7. The molecule has 0 saturated heterocycles. The van der Waals surface area contributed by atoms with E-state index >= 15 is 0 Å². The van der Waals surface area contributed by atoms with Crippen molar-refractivity contribution < 1.29 is 0 Å². The van der Waals surface area contributed by atoms with Crippen LogP contribution in [0.15, 0.2) is 24.3 Å². The number of rotatable bonds is 1. The number of benzene rings is 1. The van der Waals surface area contributed by atoms with Crippen molar-refractivity contribution in [3.63, 3.8) is 0 Å². The predicted molar refractivity (Wildman–Crippen MR) is 68.4 cm³/mol. The molecular weight excluding hydrogens is 180 g/mol. The Bertz CT molecular complexity index is 269. The lowest BCUT2D eigenvalue weighted by molar-refractivity contribution is 0.442. The smallest absolute Gasteiger partial charge is 0.0159 e. The van der Waals surface area contributed by atoms with E-state index in [0.717, 1.165) is 5.92 Å². The highest BCUT2D eigenvalue weighted by Crippen LogP contribution is 2.33. The lowest BCUT2D eigenvalue weighted by Gasteiger charge is -2.23. The molecule has 1 aliphatic carbocycles. The second kappa shape index (κ2) is 6.66. The van der Waals surface area contributed by atoms with Crippen LogP contribution in [0.25, 0.3) is 0 Å². The van der Waals surface area contributed by atoms with Crippen molar-refractivity contribution in [1.29, 1.82) is 0 Å². The molecule has 0 spiro atoms. The monoisotopic (exact) mass is 204 g/mol. The Hall–Kier alpha value is -0.780. The van der Waals surface area contributed by atoms with Crippen LogP contribution in [0, 0.1) is 6.92 Å². The molecule has 0 nitrogen and oxygen atoms in total. The third-order valence-corrected chi connectivity index (χ3v) is 3.23. The summed E-state index contributed by atoms with van der Waals surface area (Å²) in [5.41, 5.74) is 3.08. The third-order valence-electron chi connectivity index (χ3n) is 3.23. The summed E-state index contributed by atoms with van der Waals surface area (Å²) < 4.78 is 0. The Morgan fingerprint density at radius 2 is 1.53 bits per heavy atom. The fourth-order valence-electron chi connectivity index (χ4n) is 2.46. The maximum Gasteiger partial charge on any atom is -0.0159 e. The molecule has 0 heteroatoms. The zero-order chi connectivity index (χ0) is 11.1. The summed E-state index contributed by atoms with van der Waals surface area (Å²) in [5, 5.41) is 0. The molecule has 0 radical (unpaired) electrons. The highest BCUT2D eigenvalue weighted by Gasteiger charge is 2.16. The van der Waals surface area contributed by atoms with E-state index in [2.05, 4.69) is 31.2 Å². The molecule has 0 bridgehead atoms. The van der Waals surface area contributed by atoms with Gasteiger partial charge in [0, 0.05) is 0 Å². The van der Waals surface area contributed by atoms with Gasteiger partial charge >= 0.3 is 0 Å². The molecule has 0 N–H and O–H groups in total. The molecule has 0 heterocycles. The van der Waals surface area contributed by atoms with Gasteiger partial charge in [-0.3, -0.25) is 0 Å². The Balaban J connectivity index is 0.000000531. The van der Waals surface area contributed by atoms with Gasteiger partial charge in [0.15, 0.2) is 0 Å². The molecule has 0 unspecified atom stereocenters. The standard InChI is InChI=1S/C13H18.C2H6/c1-11-7-5-6-10-13(11)12-8-3-2-4-9-12;1-2/h5-7,10,12H,2-4,8-9H2,1H3;1-2H3. The van der Waals surface area contributed by atoms with Crippen molar-refractivity contribution in [3.05, 3.63) is 35.4 Å². The van der Waals surface area contributed by atoms with Crippen LogP contribution in [-0.4, -0.2) is 0 Å². The summed E-state index contributed by atoms with van der Waals surface area (Å²) in [4.78, 5) is 0. The van der Waals surface area contributed by atoms with E-state index in [9.17, 15) is 0 Å². The highest BCUT2D eigenvalue weighted by molar-refractivity contribution is 5.29. The van der Waals surface area contributed by atoms with Gasteiger partial charge in [-0.15, -0.1) is 0 Å². The van der Waals surface area contributed by atoms with E-state index in [4.69, 9.17) is 0 Å². The maximum absolute atomic E-state index is 2.31. The summed E-state index contributed by atoms with van der Waals surface area (Å²) >= 11 is 0. The Labute approximate surface area is 94.7 Å². The van der Waals surface area contributed by atoms with E-state index in [1.165, 1.54) is 37.7 Å². The quantitative estimate of drug-likeness (QED) is 0.599. The minimum Gasteiger partial charge on any atom is -0.0683 e. The van der Waals surface area contributed by atoms with Gasteiger partial charge in [-0.05, 0) is 36.8 Å². The minimum absolute atomic E-state index is 0.856. The van der Waals surface area contributed by atoms with Gasteiger partial charge in [-0.1, -0.05) is 57.4 Å². The molecule has 1 aromatic carbocycles. The van der Waals surface area contributed by atoms with Crippen LogP contribution in [-0.2, 0) is 0 Å². The van der Waals surface area contributed by atoms with Crippen LogP contribution in [0.3, 0.4) is 0 Å². The SMILES string of the molecule is CC.Cc1ccccc1C1CCCCC1. The lowest BCUT2D eigenvalue weighted by atomic mass is 9.82. The fourth-order valence-corrected chi connectivity index (χ4v) is 2.46. The molecule has 0 amide bonds. The largest absolute Gasteiger partial charge is 0.0683 e. The summed E-state index contributed by atoms with van der Waals surface area (Å²) in [6.45, 7) is 6.24. The predicted octanol–water partition coefficient (Wildman–Crippen LogP) is 5.07. The first-order chi connectivity index (χ1) is 7.38. The molecule has 1 aromatic rings. The summed E-state index contributed by atoms with van der Waals surface area (Å²) in [6, 6.07) is 8.87. The Morgan fingerprint density at radius 1 is 0.933 bits per heavy atom. The van der Waals surface area contributed by atoms with Crippen LogP contribution < -0.4 is 0 Å². The molecule has 0 aliphatic heterocycles. The molecule has 1 fully saturated rings. The van der Waals surface area contributed by atoms with Crippen molar-refractivity contribution in [3.8, 4) is 0 Å². The molecule has 1 aliphatic rings. The summed E-state index contributed by atoms with van der Waals surface area (Å²) in [6.07, 6.45) is 7.12. The Morgan fingerprint density at radius 3 is 2.13 bits per heavy atom. The third kappa shape index (κ3) is 3.37. The molecule has 15 heavy (non-hydrogen) atoms. The van der Waals surface area contributed by atoms with Crippen LogP contribution >= 0.6 is 0 Å². The van der Waals surface area contributed by atoms with E-state index in [-0.39, 0.29) is 0 Å². The molecular formula is C15H24. The van der Waals surface area contributed by atoms with Gasteiger partial charge in [0.1, 0.15) is 0 Å². The van der Waals surface area contributed by atoms with Crippen molar-refractivity contribution in [1.82, 2.24) is 0 Å². The van der Waals surface area contributed by atoms with Gasteiger partial charge in [0.2, 0.25) is 0 Å². The molecule has 2 rings (SSSR count). The van der Waals surface area contributed by atoms with E-state index < -0.39 is 0 Å². The number of aryl methyl sites for hydroxylation is 1. The van der Waals surface area contributed by atoms with Crippen LogP contribution in [0.4, 0.5) is 0 Å². The van der Waals surface area contributed by atoms with Crippen molar-refractivity contribution in [2.45, 2.75) is 58.8 Å². The highest BCUT2D eigenvalue weighted by atomic mass is 14.2. The molecule has 0 aromatic heterocycles. The minimum atomic E-state index is 0.856.